The van der Waals surface area contributed by atoms with Crippen molar-refractivity contribution < 1.29 is 9.53 Å². The minimum atomic E-state index is -0.0180. The van der Waals surface area contributed by atoms with Gasteiger partial charge in [-0.15, -0.1) is 0 Å². The van der Waals surface area contributed by atoms with Crippen molar-refractivity contribution >= 4 is 11.6 Å². The lowest BCUT2D eigenvalue weighted by Crippen LogP contribution is -2.15. The van der Waals surface area contributed by atoms with Gasteiger partial charge in [0.25, 0.3) is 0 Å². The molecule has 100 valence electrons. The molecule has 1 aromatic rings. The summed E-state index contributed by atoms with van der Waals surface area (Å²) in [7, 11) is 1.59. The molecule has 0 radical (unpaired) electrons. The maximum atomic E-state index is 11.5. The van der Waals surface area contributed by atoms with E-state index in [0.717, 1.165) is 25.2 Å². The van der Waals surface area contributed by atoms with Gasteiger partial charge in [0.05, 0.1) is 13.0 Å². The van der Waals surface area contributed by atoms with Crippen LogP contribution in [0.3, 0.4) is 0 Å². The molecule has 2 N–H and O–H groups in total. The summed E-state index contributed by atoms with van der Waals surface area (Å²) in [5.74, 6) is -0.0180. The predicted molar refractivity (Wildman–Crippen MR) is 73.6 cm³/mol. The van der Waals surface area contributed by atoms with Crippen molar-refractivity contribution in [3.63, 3.8) is 0 Å². The Bertz CT molecular complexity index is 367. The standard InChI is InChI=1S/C14H22N2O2/c1-3-8-15-11-12-5-4-6-13(10-12)16-14(17)7-9-18-2/h4-6,10,15H,3,7-9,11H2,1-2H3,(H,16,17). The third kappa shape index (κ3) is 5.80. The van der Waals surface area contributed by atoms with E-state index in [1.165, 1.54) is 5.56 Å². The van der Waals surface area contributed by atoms with Crippen LogP contribution in [0, 0.1) is 0 Å². The van der Waals surface area contributed by atoms with Crippen molar-refractivity contribution in [2.45, 2.75) is 26.3 Å². The van der Waals surface area contributed by atoms with Crippen LogP contribution in [0.2, 0.25) is 0 Å². The van der Waals surface area contributed by atoms with Gasteiger partial charge >= 0.3 is 0 Å². The lowest BCUT2D eigenvalue weighted by atomic mass is 10.2. The van der Waals surface area contributed by atoms with E-state index < -0.39 is 0 Å². The molecule has 4 nitrogen and oxygen atoms in total. The van der Waals surface area contributed by atoms with E-state index in [1.807, 2.05) is 24.3 Å². The Balaban J connectivity index is 2.45. The number of methoxy groups -OCH3 is 1. The van der Waals surface area contributed by atoms with Crippen molar-refractivity contribution in [1.82, 2.24) is 5.32 Å². The molecule has 0 atom stereocenters. The smallest absolute Gasteiger partial charge is 0.226 e. The second-order valence-electron chi connectivity index (χ2n) is 4.17. The zero-order chi connectivity index (χ0) is 13.2. The monoisotopic (exact) mass is 250 g/mol. The number of carbonyl (C=O) groups is 1. The molecule has 0 aromatic heterocycles. The van der Waals surface area contributed by atoms with Gasteiger partial charge in [-0.05, 0) is 30.7 Å². The first kappa shape index (κ1) is 14.7. The molecule has 0 saturated heterocycles. The number of hydrogen-bond donors (Lipinski definition) is 2. The molecule has 1 amide bonds. The average molecular weight is 250 g/mol. The highest BCUT2D eigenvalue weighted by molar-refractivity contribution is 5.90. The molecule has 0 saturated carbocycles. The second-order valence-corrected chi connectivity index (χ2v) is 4.17. The zero-order valence-corrected chi connectivity index (χ0v) is 11.2. The van der Waals surface area contributed by atoms with Gasteiger partial charge in [-0.2, -0.15) is 0 Å². The Morgan fingerprint density at radius 2 is 2.22 bits per heavy atom. The molecular weight excluding hydrogens is 228 g/mol. The number of hydrogen-bond acceptors (Lipinski definition) is 3. The quantitative estimate of drug-likeness (QED) is 0.695. The fourth-order valence-corrected chi connectivity index (χ4v) is 1.59. The van der Waals surface area contributed by atoms with Crippen molar-refractivity contribution in [3.8, 4) is 0 Å². The predicted octanol–water partition coefficient (Wildman–Crippen LogP) is 2.16. The number of amides is 1. The molecule has 0 aliphatic rings. The SMILES string of the molecule is CCCNCc1cccc(NC(=O)CCOC)c1. The molecule has 0 aliphatic heterocycles. The third-order valence-corrected chi connectivity index (χ3v) is 2.50. The normalized spacial score (nSPS) is 10.3. The Labute approximate surface area is 109 Å². The number of anilines is 1. The van der Waals surface area contributed by atoms with Crippen LogP contribution in [0.25, 0.3) is 0 Å². The van der Waals surface area contributed by atoms with E-state index in [1.54, 1.807) is 7.11 Å². The molecule has 1 aromatic carbocycles. The van der Waals surface area contributed by atoms with Crippen LogP contribution in [0.15, 0.2) is 24.3 Å². The summed E-state index contributed by atoms with van der Waals surface area (Å²) in [6.45, 7) is 4.42. The van der Waals surface area contributed by atoms with Gasteiger partial charge in [-0.25, -0.2) is 0 Å². The topological polar surface area (TPSA) is 50.4 Å². The Kier molecular flexibility index (Phi) is 7.06. The zero-order valence-electron chi connectivity index (χ0n) is 11.2. The molecule has 4 heteroatoms. The van der Waals surface area contributed by atoms with Gasteiger partial charge in [0.1, 0.15) is 0 Å². The van der Waals surface area contributed by atoms with E-state index >= 15 is 0 Å². The molecule has 18 heavy (non-hydrogen) atoms. The van der Waals surface area contributed by atoms with Crippen LogP contribution in [-0.4, -0.2) is 26.2 Å². The number of nitrogens with one attached hydrogen (secondary N) is 2. The maximum Gasteiger partial charge on any atom is 0.226 e. The lowest BCUT2D eigenvalue weighted by Gasteiger charge is -2.08. The molecule has 0 fully saturated rings. The first-order valence-electron chi connectivity index (χ1n) is 6.34. The van der Waals surface area contributed by atoms with Gasteiger partial charge in [0.15, 0.2) is 0 Å². The third-order valence-electron chi connectivity index (χ3n) is 2.50. The van der Waals surface area contributed by atoms with E-state index in [9.17, 15) is 4.79 Å². The van der Waals surface area contributed by atoms with Crippen LogP contribution >= 0.6 is 0 Å². The number of benzene rings is 1. The first-order valence-corrected chi connectivity index (χ1v) is 6.34. The van der Waals surface area contributed by atoms with E-state index in [4.69, 9.17) is 4.74 Å². The van der Waals surface area contributed by atoms with Gasteiger partial charge in [0.2, 0.25) is 5.91 Å². The maximum absolute atomic E-state index is 11.5. The Morgan fingerprint density at radius 3 is 2.94 bits per heavy atom. The summed E-state index contributed by atoms with van der Waals surface area (Å²) in [6, 6.07) is 7.89. The highest BCUT2D eigenvalue weighted by atomic mass is 16.5. The van der Waals surface area contributed by atoms with Crippen LogP contribution in [0.5, 0.6) is 0 Å². The summed E-state index contributed by atoms with van der Waals surface area (Å²) >= 11 is 0. The van der Waals surface area contributed by atoms with E-state index in [0.29, 0.717) is 13.0 Å². The van der Waals surface area contributed by atoms with E-state index in [2.05, 4.69) is 17.6 Å². The average Bonchev–Trinajstić information content (AvgIpc) is 2.37. The molecule has 0 bridgehead atoms. The van der Waals surface area contributed by atoms with Crippen molar-refractivity contribution in [1.29, 1.82) is 0 Å². The van der Waals surface area contributed by atoms with Crippen LogP contribution in [0.4, 0.5) is 5.69 Å². The van der Waals surface area contributed by atoms with Crippen molar-refractivity contribution in [2.75, 3.05) is 25.6 Å². The fraction of sp³-hybridized carbons (Fsp3) is 0.500. The highest BCUT2D eigenvalue weighted by Gasteiger charge is 2.02. The van der Waals surface area contributed by atoms with E-state index in [-0.39, 0.29) is 5.91 Å². The summed E-state index contributed by atoms with van der Waals surface area (Å²) in [6.07, 6.45) is 1.50. The summed E-state index contributed by atoms with van der Waals surface area (Å²) in [5.41, 5.74) is 2.01. The van der Waals surface area contributed by atoms with Gasteiger partial charge in [0, 0.05) is 19.3 Å². The molecule has 0 spiro atoms. The van der Waals surface area contributed by atoms with Gasteiger partial charge in [-0.3, -0.25) is 4.79 Å². The lowest BCUT2D eigenvalue weighted by molar-refractivity contribution is -0.117. The minimum Gasteiger partial charge on any atom is -0.384 e. The molecule has 0 unspecified atom stereocenters. The summed E-state index contributed by atoms with van der Waals surface area (Å²) in [4.78, 5) is 11.5. The van der Waals surface area contributed by atoms with Crippen LogP contribution in [-0.2, 0) is 16.1 Å². The van der Waals surface area contributed by atoms with Crippen LogP contribution < -0.4 is 10.6 Å². The van der Waals surface area contributed by atoms with Crippen molar-refractivity contribution in [2.24, 2.45) is 0 Å². The Morgan fingerprint density at radius 1 is 1.39 bits per heavy atom. The number of carbonyl (C=O) groups excluding carboxylic acids is 1. The van der Waals surface area contributed by atoms with Crippen LogP contribution in [0.1, 0.15) is 25.3 Å². The highest BCUT2D eigenvalue weighted by Crippen LogP contribution is 2.10. The first-order chi connectivity index (χ1) is 8.76. The second kappa shape index (κ2) is 8.66. The fourth-order valence-electron chi connectivity index (χ4n) is 1.59. The molecular formula is C14H22N2O2. The van der Waals surface area contributed by atoms with Gasteiger partial charge in [-0.1, -0.05) is 19.1 Å². The number of rotatable bonds is 8. The minimum absolute atomic E-state index is 0.0180. The van der Waals surface area contributed by atoms with Gasteiger partial charge < -0.3 is 15.4 Å². The molecule has 0 heterocycles. The molecule has 1 rings (SSSR count). The van der Waals surface area contributed by atoms with Crippen molar-refractivity contribution in [3.05, 3.63) is 29.8 Å². The molecule has 0 aliphatic carbocycles. The summed E-state index contributed by atoms with van der Waals surface area (Å²) in [5, 5.41) is 6.19. The Hall–Kier alpha value is -1.39. The summed E-state index contributed by atoms with van der Waals surface area (Å²) < 4.78 is 4.87. The largest absolute Gasteiger partial charge is 0.384 e. The number of ether oxygens (including phenoxy) is 1.